The molecule has 0 bridgehead atoms. The Balaban J connectivity index is 1.59. The first-order valence-electron chi connectivity index (χ1n) is 8.01. The van der Waals surface area contributed by atoms with Crippen LogP contribution in [0.3, 0.4) is 0 Å². The van der Waals surface area contributed by atoms with Crippen molar-refractivity contribution >= 4 is 5.91 Å². The molecule has 25 heavy (non-hydrogen) atoms. The van der Waals surface area contributed by atoms with E-state index in [-0.39, 0.29) is 12.7 Å². The molecule has 6 heteroatoms. The predicted octanol–water partition coefficient (Wildman–Crippen LogP) is 2.85. The number of fused-ring (bicyclic) bond motifs is 1. The maximum atomic E-state index is 12.5. The average molecular weight is 343 g/mol. The topological polar surface area (TPSA) is 57.2 Å². The number of hydrogen-bond acceptors (Lipinski definition) is 5. The van der Waals surface area contributed by atoms with Crippen LogP contribution in [-0.4, -0.2) is 37.9 Å². The number of amides is 1. The summed E-state index contributed by atoms with van der Waals surface area (Å²) in [5, 5.41) is 0. The van der Waals surface area contributed by atoms with Crippen molar-refractivity contribution in [3.8, 4) is 23.0 Å². The standard InChI is InChI=1S/C19H21NO5/c1-13(25-16-7-5-15(22-3)6-8-16)19(21)20(2)11-14-4-9-17-18(10-14)24-12-23-17/h4-10,13H,11-12H2,1-3H3/t13-/m0/s1. The minimum atomic E-state index is -0.590. The first-order valence-corrected chi connectivity index (χ1v) is 8.01. The van der Waals surface area contributed by atoms with E-state index in [0.29, 0.717) is 18.0 Å². The summed E-state index contributed by atoms with van der Waals surface area (Å²) in [6.45, 7) is 2.44. The van der Waals surface area contributed by atoms with E-state index in [2.05, 4.69) is 0 Å². The van der Waals surface area contributed by atoms with E-state index in [0.717, 1.165) is 17.1 Å². The van der Waals surface area contributed by atoms with Gasteiger partial charge in [0.05, 0.1) is 7.11 Å². The molecule has 1 heterocycles. The first kappa shape index (κ1) is 17.0. The molecule has 0 aliphatic carbocycles. The van der Waals surface area contributed by atoms with Crippen LogP contribution in [0, 0.1) is 0 Å². The molecular formula is C19H21NO5. The molecule has 1 aliphatic heterocycles. The van der Waals surface area contributed by atoms with E-state index in [9.17, 15) is 4.79 Å². The summed E-state index contributed by atoms with van der Waals surface area (Å²) in [4.78, 5) is 14.2. The molecule has 0 unspecified atom stereocenters. The zero-order valence-electron chi connectivity index (χ0n) is 14.5. The van der Waals surface area contributed by atoms with E-state index >= 15 is 0 Å². The zero-order chi connectivity index (χ0) is 17.8. The Labute approximate surface area is 146 Å². The van der Waals surface area contributed by atoms with Gasteiger partial charge in [0.25, 0.3) is 5.91 Å². The normalized spacial score (nSPS) is 13.2. The number of nitrogens with zero attached hydrogens (tertiary/aromatic N) is 1. The van der Waals surface area contributed by atoms with E-state index < -0.39 is 6.10 Å². The van der Waals surface area contributed by atoms with Crippen LogP contribution in [0.25, 0.3) is 0 Å². The van der Waals surface area contributed by atoms with Gasteiger partial charge in [-0.05, 0) is 48.9 Å². The summed E-state index contributed by atoms with van der Waals surface area (Å²) in [5.41, 5.74) is 0.969. The number of ether oxygens (including phenoxy) is 4. The monoisotopic (exact) mass is 343 g/mol. The second-order valence-electron chi connectivity index (χ2n) is 5.82. The molecule has 132 valence electrons. The summed E-state index contributed by atoms with van der Waals surface area (Å²) < 4.78 is 21.5. The Morgan fingerprint density at radius 3 is 2.52 bits per heavy atom. The zero-order valence-corrected chi connectivity index (χ0v) is 14.5. The van der Waals surface area contributed by atoms with E-state index in [4.69, 9.17) is 18.9 Å². The summed E-state index contributed by atoms with van der Waals surface area (Å²) >= 11 is 0. The van der Waals surface area contributed by atoms with Gasteiger partial charge in [0.1, 0.15) is 11.5 Å². The number of carbonyl (C=O) groups is 1. The van der Waals surface area contributed by atoms with Gasteiger partial charge in [-0.2, -0.15) is 0 Å². The summed E-state index contributed by atoms with van der Waals surface area (Å²) in [6, 6.07) is 12.8. The van der Waals surface area contributed by atoms with Gasteiger partial charge in [0, 0.05) is 13.6 Å². The fraction of sp³-hybridized carbons (Fsp3) is 0.316. The first-order chi connectivity index (χ1) is 12.1. The highest BCUT2D eigenvalue weighted by molar-refractivity contribution is 5.80. The van der Waals surface area contributed by atoms with Crippen molar-refractivity contribution in [3.05, 3.63) is 48.0 Å². The van der Waals surface area contributed by atoms with Crippen molar-refractivity contribution in [2.24, 2.45) is 0 Å². The SMILES string of the molecule is COc1ccc(O[C@@H](C)C(=O)N(C)Cc2ccc3c(c2)OCO3)cc1. The van der Waals surface area contributed by atoms with E-state index in [1.807, 2.05) is 18.2 Å². The van der Waals surface area contributed by atoms with Crippen LogP contribution in [0.2, 0.25) is 0 Å². The summed E-state index contributed by atoms with van der Waals surface area (Å²) in [7, 11) is 3.36. The lowest BCUT2D eigenvalue weighted by Gasteiger charge is -2.22. The largest absolute Gasteiger partial charge is 0.497 e. The molecule has 0 aromatic heterocycles. The van der Waals surface area contributed by atoms with Crippen molar-refractivity contribution in [3.63, 3.8) is 0 Å². The minimum absolute atomic E-state index is 0.103. The molecule has 0 radical (unpaired) electrons. The Hall–Kier alpha value is -2.89. The lowest BCUT2D eigenvalue weighted by atomic mass is 10.2. The van der Waals surface area contributed by atoms with Crippen LogP contribution >= 0.6 is 0 Å². The van der Waals surface area contributed by atoms with Gasteiger partial charge in [0.15, 0.2) is 17.6 Å². The van der Waals surface area contributed by atoms with Crippen LogP contribution in [0.1, 0.15) is 12.5 Å². The molecule has 1 amide bonds. The highest BCUT2D eigenvalue weighted by Crippen LogP contribution is 2.32. The molecule has 0 N–H and O–H groups in total. The number of benzene rings is 2. The van der Waals surface area contributed by atoms with Gasteiger partial charge < -0.3 is 23.8 Å². The van der Waals surface area contributed by atoms with Crippen molar-refractivity contribution in [1.29, 1.82) is 0 Å². The fourth-order valence-corrected chi connectivity index (χ4v) is 2.61. The van der Waals surface area contributed by atoms with Crippen molar-refractivity contribution in [2.75, 3.05) is 21.0 Å². The van der Waals surface area contributed by atoms with Gasteiger partial charge in [0.2, 0.25) is 6.79 Å². The highest BCUT2D eigenvalue weighted by Gasteiger charge is 2.20. The van der Waals surface area contributed by atoms with Crippen LogP contribution in [0.5, 0.6) is 23.0 Å². The molecule has 0 saturated heterocycles. The van der Waals surface area contributed by atoms with Crippen LogP contribution < -0.4 is 18.9 Å². The maximum Gasteiger partial charge on any atom is 0.263 e. The maximum absolute atomic E-state index is 12.5. The molecule has 6 nitrogen and oxygen atoms in total. The van der Waals surface area contributed by atoms with Gasteiger partial charge in [-0.3, -0.25) is 4.79 Å². The van der Waals surface area contributed by atoms with E-state index in [1.165, 1.54) is 0 Å². The minimum Gasteiger partial charge on any atom is -0.497 e. The van der Waals surface area contributed by atoms with Gasteiger partial charge >= 0.3 is 0 Å². The molecule has 2 aromatic rings. The third kappa shape index (κ3) is 3.96. The number of carbonyl (C=O) groups excluding carboxylic acids is 1. The van der Waals surface area contributed by atoms with Gasteiger partial charge in [-0.1, -0.05) is 6.07 Å². The Morgan fingerprint density at radius 2 is 1.80 bits per heavy atom. The van der Waals surface area contributed by atoms with Crippen molar-refractivity contribution in [1.82, 2.24) is 4.90 Å². The number of methoxy groups -OCH3 is 1. The quantitative estimate of drug-likeness (QED) is 0.807. The Bertz CT molecular complexity index is 744. The molecule has 3 rings (SSSR count). The third-order valence-electron chi connectivity index (χ3n) is 3.95. The molecule has 2 aromatic carbocycles. The smallest absolute Gasteiger partial charge is 0.263 e. The number of likely N-dealkylation sites (N-methyl/N-ethyl adjacent to an activating group) is 1. The lowest BCUT2D eigenvalue weighted by molar-refractivity contribution is -0.137. The molecule has 0 saturated carbocycles. The van der Waals surface area contributed by atoms with Crippen LogP contribution in [-0.2, 0) is 11.3 Å². The molecule has 1 atom stereocenters. The summed E-state index contributed by atoms with van der Waals surface area (Å²) in [5.74, 6) is 2.70. The molecule has 1 aliphatic rings. The van der Waals surface area contributed by atoms with Crippen molar-refractivity contribution in [2.45, 2.75) is 19.6 Å². The van der Waals surface area contributed by atoms with Crippen LogP contribution in [0.4, 0.5) is 0 Å². The second-order valence-corrected chi connectivity index (χ2v) is 5.82. The molecular weight excluding hydrogens is 322 g/mol. The van der Waals surface area contributed by atoms with Crippen LogP contribution in [0.15, 0.2) is 42.5 Å². The van der Waals surface area contributed by atoms with Gasteiger partial charge in [-0.25, -0.2) is 0 Å². The number of hydrogen-bond donors (Lipinski definition) is 0. The average Bonchev–Trinajstić information content (AvgIpc) is 3.09. The fourth-order valence-electron chi connectivity index (χ4n) is 2.61. The third-order valence-corrected chi connectivity index (χ3v) is 3.95. The Kier molecular flexibility index (Phi) is 4.97. The predicted molar refractivity (Wildman–Crippen MR) is 92.1 cm³/mol. The van der Waals surface area contributed by atoms with E-state index in [1.54, 1.807) is 50.2 Å². The molecule has 0 spiro atoms. The van der Waals surface area contributed by atoms with Gasteiger partial charge in [-0.15, -0.1) is 0 Å². The Morgan fingerprint density at radius 1 is 1.12 bits per heavy atom. The lowest BCUT2D eigenvalue weighted by Crippen LogP contribution is -2.37. The second kappa shape index (κ2) is 7.34. The molecule has 0 fully saturated rings. The van der Waals surface area contributed by atoms with Crippen molar-refractivity contribution < 1.29 is 23.7 Å². The summed E-state index contributed by atoms with van der Waals surface area (Å²) in [6.07, 6.45) is -0.590. The highest BCUT2D eigenvalue weighted by atomic mass is 16.7. The number of rotatable bonds is 6.